The first kappa shape index (κ1) is 12.7. The molecule has 2 rings (SSSR count). The molecule has 2 amide bonds. The SMILES string of the molecule is Cc1nnc(NC(=O)NC(CC(=O)O)C2CC2)s1. The summed E-state index contributed by atoms with van der Waals surface area (Å²) in [6.45, 7) is 1.79. The lowest BCUT2D eigenvalue weighted by atomic mass is 10.1. The lowest BCUT2D eigenvalue weighted by Crippen LogP contribution is -2.40. The molecule has 0 bridgehead atoms. The number of carbonyl (C=O) groups is 2. The van der Waals surface area contributed by atoms with Gasteiger partial charge in [0.25, 0.3) is 0 Å². The summed E-state index contributed by atoms with van der Waals surface area (Å²) in [4.78, 5) is 22.4. The number of carbonyl (C=O) groups excluding carboxylic acids is 1. The fraction of sp³-hybridized carbons (Fsp3) is 0.600. The van der Waals surface area contributed by atoms with Gasteiger partial charge >= 0.3 is 12.0 Å². The fourth-order valence-corrected chi connectivity index (χ4v) is 2.26. The van der Waals surface area contributed by atoms with E-state index in [1.165, 1.54) is 11.3 Å². The Hall–Kier alpha value is -1.70. The zero-order chi connectivity index (χ0) is 13.1. The molecular formula is C10H14N4O3S. The van der Waals surface area contributed by atoms with Gasteiger partial charge in [0.1, 0.15) is 5.01 Å². The fourth-order valence-electron chi connectivity index (χ4n) is 1.67. The minimum absolute atomic E-state index is 0.0484. The normalized spacial score (nSPS) is 16.1. The molecule has 8 heteroatoms. The van der Waals surface area contributed by atoms with E-state index in [-0.39, 0.29) is 18.4 Å². The molecule has 0 aromatic carbocycles. The van der Waals surface area contributed by atoms with Crippen molar-refractivity contribution < 1.29 is 14.7 Å². The number of nitrogens with one attached hydrogen (secondary N) is 2. The maximum Gasteiger partial charge on any atom is 0.321 e. The molecule has 1 aromatic heterocycles. The van der Waals surface area contributed by atoms with Crippen molar-refractivity contribution in [1.82, 2.24) is 15.5 Å². The van der Waals surface area contributed by atoms with Crippen molar-refractivity contribution in [3.05, 3.63) is 5.01 Å². The first-order valence-electron chi connectivity index (χ1n) is 5.64. The summed E-state index contributed by atoms with van der Waals surface area (Å²) in [5.74, 6) is -0.623. The summed E-state index contributed by atoms with van der Waals surface area (Å²) < 4.78 is 0. The van der Waals surface area contributed by atoms with Crippen molar-refractivity contribution in [1.29, 1.82) is 0 Å². The number of hydrogen-bond donors (Lipinski definition) is 3. The second-order valence-electron chi connectivity index (χ2n) is 4.27. The predicted octanol–water partition coefficient (Wildman–Crippen LogP) is 1.22. The van der Waals surface area contributed by atoms with Gasteiger partial charge < -0.3 is 10.4 Å². The Bertz CT molecular complexity index is 458. The minimum Gasteiger partial charge on any atom is -0.481 e. The third kappa shape index (κ3) is 3.66. The van der Waals surface area contributed by atoms with Gasteiger partial charge in [-0.15, -0.1) is 10.2 Å². The second kappa shape index (κ2) is 5.30. The molecule has 3 N–H and O–H groups in total. The molecule has 0 aliphatic heterocycles. The van der Waals surface area contributed by atoms with E-state index in [0.717, 1.165) is 17.8 Å². The summed E-state index contributed by atoms with van der Waals surface area (Å²) in [5, 5.41) is 22.7. The Balaban J connectivity index is 1.86. The van der Waals surface area contributed by atoms with Gasteiger partial charge in [-0.05, 0) is 25.7 Å². The highest BCUT2D eigenvalue weighted by molar-refractivity contribution is 7.15. The average molecular weight is 270 g/mol. The van der Waals surface area contributed by atoms with Crippen molar-refractivity contribution >= 4 is 28.5 Å². The molecule has 1 aliphatic rings. The van der Waals surface area contributed by atoms with Crippen LogP contribution in [0.3, 0.4) is 0 Å². The molecule has 1 fully saturated rings. The van der Waals surface area contributed by atoms with Crippen LogP contribution in [0.4, 0.5) is 9.93 Å². The molecular weight excluding hydrogens is 256 g/mol. The molecule has 1 aromatic rings. The highest BCUT2D eigenvalue weighted by Crippen LogP contribution is 2.34. The smallest absolute Gasteiger partial charge is 0.321 e. The van der Waals surface area contributed by atoms with Gasteiger partial charge in [-0.25, -0.2) is 4.79 Å². The summed E-state index contributed by atoms with van der Waals surface area (Å²) >= 11 is 1.27. The Morgan fingerprint density at radius 2 is 2.22 bits per heavy atom. The Morgan fingerprint density at radius 3 is 2.72 bits per heavy atom. The van der Waals surface area contributed by atoms with Crippen LogP contribution >= 0.6 is 11.3 Å². The Kier molecular flexibility index (Phi) is 3.75. The molecule has 1 saturated carbocycles. The van der Waals surface area contributed by atoms with Crippen LogP contribution < -0.4 is 10.6 Å². The van der Waals surface area contributed by atoms with Gasteiger partial charge in [-0.2, -0.15) is 0 Å². The van der Waals surface area contributed by atoms with Crippen LogP contribution in [0.1, 0.15) is 24.3 Å². The Morgan fingerprint density at radius 1 is 1.50 bits per heavy atom. The maximum atomic E-state index is 11.7. The third-order valence-electron chi connectivity index (χ3n) is 2.65. The van der Waals surface area contributed by atoms with Crippen LogP contribution in [0.15, 0.2) is 0 Å². The third-order valence-corrected chi connectivity index (χ3v) is 3.40. The van der Waals surface area contributed by atoms with Crippen LogP contribution in [-0.2, 0) is 4.79 Å². The topological polar surface area (TPSA) is 104 Å². The van der Waals surface area contributed by atoms with E-state index < -0.39 is 12.0 Å². The molecule has 0 spiro atoms. The number of carboxylic acids is 1. The number of aliphatic carboxylic acids is 1. The standard InChI is InChI=1S/C10H14N4O3S/c1-5-13-14-10(18-5)12-9(17)11-7(4-8(15)16)6-2-3-6/h6-7H,2-4H2,1H3,(H,15,16)(H2,11,12,14,17). The van der Waals surface area contributed by atoms with Gasteiger partial charge in [0.15, 0.2) is 0 Å². The van der Waals surface area contributed by atoms with Gasteiger partial charge in [0.05, 0.1) is 6.42 Å². The van der Waals surface area contributed by atoms with E-state index in [1.54, 1.807) is 6.92 Å². The average Bonchev–Trinajstić information content (AvgIpc) is 3.02. The van der Waals surface area contributed by atoms with Crippen LogP contribution in [0.2, 0.25) is 0 Å². The van der Waals surface area contributed by atoms with E-state index in [1.807, 2.05) is 0 Å². The molecule has 0 saturated heterocycles. The monoisotopic (exact) mass is 270 g/mol. The largest absolute Gasteiger partial charge is 0.481 e. The lowest BCUT2D eigenvalue weighted by molar-refractivity contribution is -0.137. The predicted molar refractivity (Wildman–Crippen MR) is 65.6 cm³/mol. The first-order chi connectivity index (χ1) is 8.54. The van der Waals surface area contributed by atoms with E-state index in [2.05, 4.69) is 20.8 Å². The number of rotatable bonds is 5. The molecule has 1 atom stereocenters. The number of carboxylic acid groups (broad SMARTS) is 1. The molecule has 1 unspecified atom stereocenters. The summed E-state index contributed by atoms with van der Waals surface area (Å²) in [6.07, 6.45) is 1.89. The van der Waals surface area contributed by atoms with E-state index >= 15 is 0 Å². The van der Waals surface area contributed by atoms with Crippen molar-refractivity contribution in [2.75, 3.05) is 5.32 Å². The molecule has 98 valence electrons. The zero-order valence-corrected chi connectivity index (χ0v) is 10.7. The lowest BCUT2D eigenvalue weighted by Gasteiger charge is -2.15. The molecule has 0 radical (unpaired) electrons. The van der Waals surface area contributed by atoms with Gasteiger partial charge in [0, 0.05) is 6.04 Å². The molecule has 1 aliphatic carbocycles. The van der Waals surface area contributed by atoms with Crippen molar-refractivity contribution in [2.24, 2.45) is 5.92 Å². The van der Waals surface area contributed by atoms with Crippen molar-refractivity contribution in [3.8, 4) is 0 Å². The van der Waals surface area contributed by atoms with Crippen LogP contribution in [0, 0.1) is 12.8 Å². The van der Waals surface area contributed by atoms with Crippen molar-refractivity contribution in [3.63, 3.8) is 0 Å². The van der Waals surface area contributed by atoms with E-state index in [0.29, 0.717) is 5.13 Å². The van der Waals surface area contributed by atoms with Crippen LogP contribution in [0.5, 0.6) is 0 Å². The summed E-state index contributed by atoms with van der Waals surface area (Å²) in [7, 11) is 0. The number of amides is 2. The van der Waals surface area contributed by atoms with Crippen LogP contribution in [-0.4, -0.2) is 33.3 Å². The number of urea groups is 1. The van der Waals surface area contributed by atoms with Gasteiger partial charge in [0.2, 0.25) is 5.13 Å². The second-order valence-corrected chi connectivity index (χ2v) is 5.45. The number of anilines is 1. The number of hydrogen-bond acceptors (Lipinski definition) is 5. The molecule has 7 nitrogen and oxygen atoms in total. The van der Waals surface area contributed by atoms with Crippen LogP contribution in [0.25, 0.3) is 0 Å². The minimum atomic E-state index is -0.904. The molecule has 18 heavy (non-hydrogen) atoms. The van der Waals surface area contributed by atoms with E-state index in [4.69, 9.17) is 5.11 Å². The number of aromatic nitrogens is 2. The first-order valence-corrected chi connectivity index (χ1v) is 6.45. The Labute approximate surface area is 108 Å². The number of aryl methyl sites for hydroxylation is 1. The quantitative estimate of drug-likeness (QED) is 0.746. The highest BCUT2D eigenvalue weighted by Gasteiger charge is 2.33. The van der Waals surface area contributed by atoms with E-state index in [9.17, 15) is 9.59 Å². The summed E-state index contributed by atoms with van der Waals surface area (Å²) in [5.41, 5.74) is 0. The zero-order valence-electron chi connectivity index (χ0n) is 9.84. The highest BCUT2D eigenvalue weighted by atomic mass is 32.1. The number of nitrogens with zero attached hydrogens (tertiary/aromatic N) is 2. The van der Waals surface area contributed by atoms with Gasteiger partial charge in [-0.3, -0.25) is 10.1 Å². The molecule has 1 heterocycles. The summed E-state index contributed by atoms with van der Waals surface area (Å²) in [6, 6.07) is -0.735. The maximum absolute atomic E-state index is 11.7. The van der Waals surface area contributed by atoms with Crippen molar-refractivity contribution in [2.45, 2.75) is 32.2 Å². The van der Waals surface area contributed by atoms with Gasteiger partial charge in [-0.1, -0.05) is 11.3 Å².